The van der Waals surface area contributed by atoms with Crippen molar-refractivity contribution in [2.45, 2.75) is 31.7 Å². The van der Waals surface area contributed by atoms with E-state index >= 15 is 0 Å². The molecule has 2 aromatic rings. The Hall–Kier alpha value is -1.60. The summed E-state index contributed by atoms with van der Waals surface area (Å²) < 4.78 is 1.04. The van der Waals surface area contributed by atoms with Crippen LogP contribution in [0.5, 0.6) is 0 Å². The molecule has 0 aromatic heterocycles. The molecule has 0 amide bonds. The predicted molar refractivity (Wildman–Crippen MR) is 91.3 cm³/mol. The van der Waals surface area contributed by atoms with Crippen LogP contribution in [-0.2, 0) is 12.8 Å². The highest BCUT2D eigenvalue weighted by Gasteiger charge is 2.23. The van der Waals surface area contributed by atoms with Crippen molar-refractivity contribution in [3.63, 3.8) is 0 Å². The number of benzene rings is 2. The van der Waals surface area contributed by atoms with Gasteiger partial charge in [0.15, 0.2) is 0 Å². The molecule has 0 atom stereocenters. The van der Waals surface area contributed by atoms with Crippen molar-refractivity contribution >= 4 is 0 Å². The summed E-state index contributed by atoms with van der Waals surface area (Å²) >= 11 is 0. The van der Waals surface area contributed by atoms with Gasteiger partial charge in [-0.15, -0.1) is 0 Å². The van der Waals surface area contributed by atoms with Crippen LogP contribution in [0.4, 0.5) is 0 Å². The molecule has 0 saturated carbocycles. The first-order valence-corrected chi connectivity index (χ1v) is 7.94. The molecule has 21 heavy (non-hydrogen) atoms. The largest absolute Gasteiger partial charge is 0.328 e. The number of rotatable bonds is 7. The van der Waals surface area contributed by atoms with Gasteiger partial charge in [0.05, 0.1) is 27.2 Å². The van der Waals surface area contributed by atoms with E-state index in [1.165, 1.54) is 36.8 Å². The first-order valence-electron chi connectivity index (χ1n) is 7.94. The maximum absolute atomic E-state index is 2.32. The van der Waals surface area contributed by atoms with Crippen molar-refractivity contribution < 1.29 is 4.48 Å². The monoisotopic (exact) mass is 282 g/mol. The topological polar surface area (TPSA) is 0 Å². The zero-order valence-corrected chi connectivity index (χ0v) is 13.6. The molecule has 0 N–H and O–H groups in total. The summed E-state index contributed by atoms with van der Waals surface area (Å²) in [7, 11) is 6.96. The summed E-state index contributed by atoms with van der Waals surface area (Å²) in [5, 5.41) is 0. The minimum absolute atomic E-state index is 0.699. The van der Waals surface area contributed by atoms with Gasteiger partial charge in [-0.2, -0.15) is 0 Å². The lowest BCUT2D eigenvalue weighted by molar-refractivity contribution is -0.896. The highest BCUT2D eigenvalue weighted by molar-refractivity contribution is 5.16. The molecule has 0 saturated heterocycles. The molecule has 0 spiro atoms. The van der Waals surface area contributed by atoms with E-state index in [0.717, 1.165) is 4.48 Å². The van der Waals surface area contributed by atoms with E-state index in [0.29, 0.717) is 6.04 Å². The Balaban J connectivity index is 1.92. The van der Waals surface area contributed by atoms with Crippen LogP contribution >= 0.6 is 0 Å². The van der Waals surface area contributed by atoms with Crippen LogP contribution in [0.2, 0.25) is 0 Å². The molecule has 0 heterocycles. The van der Waals surface area contributed by atoms with E-state index < -0.39 is 0 Å². The number of quaternary nitrogens is 1. The van der Waals surface area contributed by atoms with Crippen LogP contribution in [0.25, 0.3) is 0 Å². The minimum atomic E-state index is 0.699. The minimum Gasteiger partial charge on any atom is -0.328 e. The van der Waals surface area contributed by atoms with Gasteiger partial charge < -0.3 is 4.48 Å². The summed E-state index contributed by atoms with van der Waals surface area (Å²) in [6.07, 6.45) is 4.85. The van der Waals surface area contributed by atoms with Gasteiger partial charge in [-0.3, -0.25) is 0 Å². The third-order valence-corrected chi connectivity index (χ3v) is 4.31. The molecule has 0 radical (unpaired) electrons. The van der Waals surface area contributed by atoms with Crippen LogP contribution in [0, 0.1) is 0 Å². The van der Waals surface area contributed by atoms with E-state index in [9.17, 15) is 0 Å². The fraction of sp³-hybridized carbons (Fsp3) is 0.400. The van der Waals surface area contributed by atoms with Gasteiger partial charge in [0.25, 0.3) is 0 Å². The lowest BCUT2D eigenvalue weighted by Crippen LogP contribution is -2.45. The fourth-order valence-electron chi connectivity index (χ4n) is 2.87. The standard InChI is InChI=1S/C20H28N/c1-21(2,3)20(16-14-18-10-6-4-7-11-18)17-15-19-12-8-5-9-13-19/h4-13,20H,14-17H2,1-3H3/q+1. The maximum atomic E-state index is 2.32. The second-order valence-corrected chi connectivity index (χ2v) is 6.82. The summed E-state index contributed by atoms with van der Waals surface area (Å²) in [4.78, 5) is 0. The van der Waals surface area contributed by atoms with Crippen molar-refractivity contribution in [2.75, 3.05) is 21.1 Å². The molecule has 0 unspecified atom stereocenters. The predicted octanol–water partition coefficient (Wildman–Crippen LogP) is 4.33. The molecule has 2 rings (SSSR count). The molecular weight excluding hydrogens is 254 g/mol. The van der Waals surface area contributed by atoms with Gasteiger partial charge in [-0.25, -0.2) is 0 Å². The Bertz CT molecular complexity index is 467. The van der Waals surface area contributed by atoms with Crippen LogP contribution < -0.4 is 0 Å². The highest BCUT2D eigenvalue weighted by atomic mass is 15.3. The van der Waals surface area contributed by atoms with Gasteiger partial charge in [-0.05, 0) is 24.0 Å². The van der Waals surface area contributed by atoms with Crippen molar-refractivity contribution in [2.24, 2.45) is 0 Å². The number of hydrogen-bond acceptors (Lipinski definition) is 0. The van der Waals surface area contributed by atoms with Crippen LogP contribution in [0.3, 0.4) is 0 Å². The SMILES string of the molecule is C[N+](C)(C)C(CCc1ccccc1)CCc1ccccc1. The van der Waals surface area contributed by atoms with Gasteiger partial charge in [0.1, 0.15) is 0 Å². The van der Waals surface area contributed by atoms with Crippen LogP contribution in [-0.4, -0.2) is 31.7 Å². The summed E-state index contributed by atoms with van der Waals surface area (Å²) in [6.45, 7) is 0. The summed E-state index contributed by atoms with van der Waals surface area (Å²) in [5.74, 6) is 0. The van der Waals surface area contributed by atoms with E-state index in [1.807, 2.05) is 0 Å². The zero-order chi connectivity index (χ0) is 15.1. The Kier molecular flexibility index (Phi) is 5.58. The molecule has 1 heteroatoms. The molecule has 0 fully saturated rings. The highest BCUT2D eigenvalue weighted by Crippen LogP contribution is 2.18. The van der Waals surface area contributed by atoms with Gasteiger partial charge in [0, 0.05) is 12.8 Å². The third kappa shape index (κ3) is 5.35. The average molecular weight is 282 g/mol. The number of hydrogen-bond donors (Lipinski definition) is 0. The summed E-state index contributed by atoms with van der Waals surface area (Å²) in [6, 6.07) is 22.4. The van der Waals surface area contributed by atoms with Crippen LogP contribution in [0.1, 0.15) is 24.0 Å². The van der Waals surface area contributed by atoms with E-state index in [4.69, 9.17) is 0 Å². The molecule has 0 bridgehead atoms. The molecule has 112 valence electrons. The molecule has 1 nitrogen and oxygen atoms in total. The second-order valence-electron chi connectivity index (χ2n) is 6.82. The first-order chi connectivity index (χ1) is 10.1. The van der Waals surface area contributed by atoms with Gasteiger partial charge in [0.2, 0.25) is 0 Å². The lowest BCUT2D eigenvalue weighted by Gasteiger charge is -2.34. The molecule has 0 aliphatic heterocycles. The third-order valence-electron chi connectivity index (χ3n) is 4.31. The van der Waals surface area contributed by atoms with E-state index in [2.05, 4.69) is 81.8 Å². The maximum Gasteiger partial charge on any atom is 0.0890 e. The van der Waals surface area contributed by atoms with Gasteiger partial charge >= 0.3 is 0 Å². The smallest absolute Gasteiger partial charge is 0.0890 e. The Morgan fingerprint density at radius 3 is 1.38 bits per heavy atom. The van der Waals surface area contributed by atoms with Crippen molar-refractivity contribution in [3.05, 3.63) is 71.8 Å². The molecule has 2 aromatic carbocycles. The average Bonchev–Trinajstić information content (AvgIpc) is 2.48. The number of nitrogens with zero attached hydrogens (tertiary/aromatic N) is 1. The number of aryl methyl sites for hydroxylation is 2. The Morgan fingerprint density at radius 1 is 0.667 bits per heavy atom. The first kappa shape index (κ1) is 15.8. The van der Waals surface area contributed by atoms with E-state index in [1.54, 1.807) is 0 Å². The quantitative estimate of drug-likeness (QED) is 0.663. The molecule has 0 aliphatic carbocycles. The molecular formula is C20H28N+. The van der Waals surface area contributed by atoms with Crippen molar-refractivity contribution in [1.82, 2.24) is 0 Å². The van der Waals surface area contributed by atoms with Crippen molar-refractivity contribution in [3.8, 4) is 0 Å². The van der Waals surface area contributed by atoms with Gasteiger partial charge in [-0.1, -0.05) is 60.7 Å². The lowest BCUT2D eigenvalue weighted by atomic mass is 9.97. The van der Waals surface area contributed by atoms with E-state index in [-0.39, 0.29) is 0 Å². The summed E-state index contributed by atoms with van der Waals surface area (Å²) in [5.41, 5.74) is 2.91. The van der Waals surface area contributed by atoms with Crippen molar-refractivity contribution in [1.29, 1.82) is 0 Å². The second kappa shape index (κ2) is 7.42. The molecule has 0 aliphatic rings. The Labute approximate surface area is 129 Å². The Morgan fingerprint density at radius 2 is 1.05 bits per heavy atom. The fourth-order valence-corrected chi connectivity index (χ4v) is 2.87. The zero-order valence-electron chi connectivity index (χ0n) is 13.6. The normalized spacial score (nSPS) is 11.8. The van der Waals surface area contributed by atoms with Crippen LogP contribution in [0.15, 0.2) is 60.7 Å².